The molecule has 150 valence electrons. The van der Waals surface area contributed by atoms with E-state index in [0.29, 0.717) is 5.75 Å². The molecule has 2 aromatic rings. The second-order valence-corrected chi connectivity index (χ2v) is 6.11. The van der Waals surface area contributed by atoms with E-state index < -0.39 is 36.3 Å². The van der Waals surface area contributed by atoms with Crippen LogP contribution in [0.25, 0.3) is 0 Å². The van der Waals surface area contributed by atoms with Gasteiger partial charge in [-0.2, -0.15) is 13.2 Å². The van der Waals surface area contributed by atoms with Crippen molar-refractivity contribution in [3.8, 4) is 5.75 Å². The van der Waals surface area contributed by atoms with Gasteiger partial charge in [-0.1, -0.05) is 23.7 Å². The normalized spacial score (nSPS) is 12.2. The maximum absolute atomic E-state index is 13.8. The summed E-state index contributed by atoms with van der Waals surface area (Å²) in [5, 5.41) is 4.13. The molecule has 2 rings (SSSR count). The molecule has 0 aliphatic carbocycles. The van der Waals surface area contributed by atoms with Crippen molar-refractivity contribution in [3.63, 3.8) is 0 Å². The molecule has 0 spiro atoms. The predicted octanol–water partition coefficient (Wildman–Crippen LogP) is 4.24. The van der Waals surface area contributed by atoms with E-state index in [1.807, 2.05) is 0 Å². The zero-order chi connectivity index (χ0) is 20.9. The van der Waals surface area contributed by atoms with Crippen LogP contribution >= 0.6 is 11.6 Å². The Balaban J connectivity index is 2.19. The molecule has 0 bridgehead atoms. The molecule has 10 heteroatoms. The summed E-state index contributed by atoms with van der Waals surface area (Å²) < 4.78 is 56.6. The standard InChI is InChI=1S/C18H15ClF4N2O3/c1-28-12-5-2-10(3-6-12)15(25-17(27)18(21,22)23)9-16(26)24-14-7-4-11(19)8-13(14)20/h2-8,15H,9H2,1H3,(H,24,26)(H,25,27)/t15-/m0/s1. The first-order chi connectivity index (χ1) is 13.1. The number of carbonyl (C=O) groups excluding carboxylic acids is 2. The van der Waals surface area contributed by atoms with Crippen molar-refractivity contribution in [2.45, 2.75) is 18.6 Å². The van der Waals surface area contributed by atoms with Gasteiger partial charge in [0.1, 0.15) is 11.6 Å². The first kappa shape index (κ1) is 21.5. The van der Waals surface area contributed by atoms with Crippen molar-refractivity contribution in [2.24, 2.45) is 0 Å². The molecule has 0 fully saturated rings. The molecule has 0 radical (unpaired) electrons. The summed E-state index contributed by atoms with van der Waals surface area (Å²) in [4.78, 5) is 23.6. The van der Waals surface area contributed by atoms with Crippen LogP contribution in [0.1, 0.15) is 18.0 Å². The van der Waals surface area contributed by atoms with Gasteiger partial charge < -0.3 is 15.4 Å². The number of halogens is 5. The van der Waals surface area contributed by atoms with Gasteiger partial charge in [0, 0.05) is 5.02 Å². The molecule has 2 amide bonds. The fourth-order valence-corrected chi connectivity index (χ4v) is 2.46. The highest BCUT2D eigenvalue weighted by Crippen LogP contribution is 2.25. The Labute approximate surface area is 162 Å². The molecule has 0 saturated carbocycles. The molecule has 0 saturated heterocycles. The summed E-state index contributed by atoms with van der Waals surface area (Å²) in [6.45, 7) is 0. The van der Waals surface area contributed by atoms with E-state index in [-0.39, 0.29) is 16.3 Å². The average Bonchev–Trinajstić information content (AvgIpc) is 2.62. The molecule has 1 atom stereocenters. The van der Waals surface area contributed by atoms with Gasteiger partial charge in [-0.3, -0.25) is 9.59 Å². The number of alkyl halides is 3. The molecule has 0 aliphatic rings. The third-order valence-corrected chi connectivity index (χ3v) is 3.91. The van der Waals surface area contributed by atoms with Crippen LogP contribution in [0.4, 0.5) is 23.2 Å². The summed E-state index contributed by atoms with van der Waals surface area (Å²) in [7, 11) is 1.41. The van der Waals surface area contributed by atoms with E-state index in [4.69, 9.17) is 16.3 Å². The molecule has 0 heterocycles. The van der Waals surface area contributed by atoms with Crippen molar-refractivity contribution in [1.29, 1.82) is 0 Å². The molecule has 28 heavy (non-hydrogen) atoms. The van der Waals surface area contributed by atoms with Gasteiger partial charge in [0.15, 0.2) is 0 Å². The van der Waals surface area contributed by atoms with Gasteiger partial charge in [-0.25, -0.2) is 4.39 Å². The Hall–Kier alpha value is -2.81. The Bertz CT molecular complexity index is 857. The van der Waals surface area contributed by atoms with E-state index in [2.05, 4.69) is 5.32 Å². The van der Waals surface area contributed by atoms with Crippen LogP contribution < -0.4 is 15.4 Å². The van der Waals surface area contributed by atoms with Gasteiger partial charge in [-0.15, -0.1) is 0 Å². The Morgan fingerprint density at radius 3 is 2.32 bits per heavy atom. The van der Waals surface area contributed by atoms with Crippen molar-refractivity contribution < 1.29 is 31.9 Å². The molecule has 5 nitrogen and oxygen atoms in total. The molecular formula is C18H15ClF4N2O3. The predicted molar refractivity (Wildman–Crippen MR) is 94.6 cm³/mol. The third-order valence-electron chi connectivity index (χ3n) is 3.68. The number of hydrogen-bond donors (Lipinski definition) is 2. The van der Waals surface area contributed by atoms with Crippen molar-refractivity contribution >= 4 is 29.1 Å². The van der Waals surface area contributed by atoms with Crippen LogP contribution in [0, 0.1) is 5.82 Å². The molecule has 0 aromatic heterocycles. The minimum absolute atomic E-state index is 0.115. The van der Waals surface area contributed by atoms with Crippen LogP contribution in [0.2, 0.25) is 5.02 Å². The van der Waals surface area contributed by atoms with Gasteiger partial charge in [0.25, 0.3) is 0 Å². The maximum atomic E-state index is 13.8. The number of rotatable bonds is 6. The first-order valence-electron chi connectivity index (χ1n) is 7.86. The van der Waals surface area contributed by atoms with E-state index in [1.165, 1.54) is 43.5 Å². The fourth-order valence-electron chi connectivity index (χ4n) is 2.31. The SMILES string of the molecule is COc1ccc([C@H](CC(=O)Nc2ccc(Cl)cc2F)NC(=O)C(F)(F)F)cc1. The number of carbonyl (C=O) groups is 2. The number of hydrogen-bond acceptors (Lipinski definition) is 3. The Kier molecular flexibility index (Phi) is 6.85. The zero-order valence-corrected chi connectivity index (χ0v) is 15.2. The van der Waals surface area contributed by atoms with E-state index >= 15 is 0 Å². The van der Waals surface area contributed by atoms with Crippen LogP contribution in [-0.2, 0) is 9.59 Å². The lowest BCUT2D eigenvalue weighted by atomic mass is 10.0. The maximum Gasteiger partial charge on any atom is 0.471 e. The summed E-state index contributed by atoms with van der Waals surface area (Å²) >= 11 is 5.63. The largest absolute Gasteiger partial charge is 0.497 e. The summed E-state index contributed by atoms with van der Waals surface area (Å²) in [5.41, 5.74) is 0.0511. The van der Waals surface area contributed by atoms with E-state index in [9.17, 15) is 27.2 Å². The zero-order valence-electron chi connectivity index (χ0n) is 14.4. The minimum atomic E-state index is -5.12. The lowest BCUT2D eigenvalue weighted by Gasteiger charge is -2.20. The number of amides is 2. The molecule has 0 unspecified atom stereocenters. The number of nitrogens with one attached hydrogen (secondary N) is 2. The number of methoxy groups -OCH3 is 1. The highest BCUT2D eigenvalue weighted by atomic mass is 35.5. The Morgan fingerprint density at radius 2 is 1.79 bits per heavy atom. The Morgan fingerprint density at radius 1 is 1.14 bits per heavy atom. The van der Waals surface area contributed by atoms with Crippen molar-refractivity contribution in [1.82, 2.24) is 5.32 Å². The molecule has 0 aliphatic heterocycles. The highest BCUT2D eigenvalue weighted by Gasteiger charge is 2.40. The van der Waals surface area contributed by atoms with Gasteiger partial charge >= 0.3 is 12.1 Å². The second-order valence-electron chi connectivity index (χ2n) is 5.67. The number of ether oxygens (including phenoxy) is 1. The highest BCUT2D eigenvalue weighted by molar-refractivity contribution is 6.30. The smallest absolute Gasteiger partial charge is 0.471 e. The fraction of sp³-hybridized carbons (Fsp3) is 0.222. The lowest BCUT2D eigenvalue weighted by molar-refractivity contribution is -0.174. The second kappa shape index (κ2) is 8.92. The topological polar surface area (TPSA) is 67.4 Å². The van der Waals surface area contributed by atoms with Gasteiger partial charge in [0.2, 0.25) is 5.91 Å². The van der Waals surface area contributed by atoms with Crippen LogP contribution in [-0.4, -0.2) is 25.1 Å². The number of benzene rings is 2. The number of anilines is 1. The van der Waals surface area contributed by atoms with Gasteiger partial charge in [0.05, 0.1) is 25.3 Å². The van der Waals surface area contributed by atoms with E-state index in [0.717, 1.165) is 6.07 Å². The molecular weight excluding hydrogens is 404 g/mol. The van der Waals surface area contributed by atoms with Gasteiger partial charge in [-0.05, 0) is 35.9 Å². The van der Waals surface area contributed by atoms with Crippen molar-refractivity contribution in [2.75, 3.05) is 12.4 Å². The minimum Gasteiger partial charge on any atom is -0.497 e. The quantitative estimate of drug-likeness (QED) is 0.690. The lowest BCUT2D eigenvalue weighted by Crippen LogP contribution is -2.40. The van der Waals surface area contributed by atoms with Crippen LogP contribution in [0.3, 0.4) is 0 Å². The summed E-state index contributed by atoms with van der Waals surface area (Å²) in [6, 6.07) is 8.00. The molecule has 2 N–H and O–H groups in total. The average molecular weight is 419 g/mol. The monoisotopic (exact) mass is 418 g/mol. The summed E-state index contributed by atoms with van der Waals surface area (Å²) in [5.74, 6) is -3.36. The van der Waals surface area contributed by atoms with Crippen LogP contribution in [0.15, 0.2) is 42.5 Å². The third kappa shape index (κ3) is 5.85. The molecule has 2 aromatic carbocycles. The first-order valence-corrected chi connectivity index (χ1v) is 8.24. The summed E-state index contributed by atoms with van der Waals surface area (Å²) in [6.07, 6.45) is -5.68. The van der Waals surface area contributed by atoms with E-state index in [1.54, 1.807) is 5.32 Å². The van der Waals surface area contributed by atoms with Crippen LogP contribution in [0.5, 0.6) is 5.75 Å². The van der Waals surface area contributed by atoms with Crippen molar-refractivity contribution in [3.05, 3.63) is 58.9 Å².